The molecule has 0 aliphatic heterocycles. The summed E-state index contributed by atoms with van der Waals surface area (Å²) >= 11 is 1.27. The standard InChI is InChI=1S/C21H27N5O3S/c1-11(2)15-9-14(17-12(3)25-26(18(17)23-15)21(4,5)6)19(28)24-20-22-13(10-30-20)8-16(27)29-7/h9-11H,8H2,1-7H3,(H,22,24,28). The van der Waals surface area contributed by atoms with E-state index in [4.69, 9.17) is 4.98 Å². The molecule has 1 N–H and O–H groups in total. The summed E-state index contributed by atoms with van der Waals surface area (Å²) < 4.78 is 6.54. The van der Waals surface area contributed by atoms with Crippen molar-refractivity contribution in [2.45, 2.75) is 59.4 Å². The van der Waals surface area contributed by atoms with Crippen molar-refractivity contribution in [2.75, 3.05) is 12.4 Å². The molecule has 1 amide bonds. The van der Waals surface area contributed by atoms with Crippen molar-refractivity contribution < 1.29 is 14.3 Å². The predicted molar refractivity (Wildman–Crippen MR) is 117 cm³/mol. The van der Waals surface area contributed by atoms with Gasteiger partial charge in [-0.25, -0.2) is 14.6 Å². The van der Waals surface area contributed by atoms with E-state index in [0.29, 0.717) is 22.0 Å². The van der Waals surface area contributed by atoms with E-state index in [1.807, 2.05) is 31.5 Å². The van der Waals surface area contributed by atoms with Gasteiger partial charge in [0.2, 0.25) is 0 Å². The average Bonchev–Trinajstić information content (AvgIpc) is 3.24. The molecule has 3 aromatic heterocycles. The van der Waals surface area contributed by atoms with E-state index < -0.39 is 0 Å². The maximum absolute atomic E-state index is 13.2. The molecule has 0 unspecified atom stereocenters. The fraction of sp³-hybridized carbons (Fsp3) is 0.476. The van der Waals surface area contributed by atoms with Crippen LogP contribution in [0.3, 0.4) is 0 Å². The highest BCUT2D eigenvalue weighted by Crippen LogP contribution is 2.29. The molecule has 0 saturated carbocycles. The Morgan fingerprint density at radius 3 is 2.57 bits per heavy atom. The van der Waals surface area contributed by atoms with E-state index >= 15 is 0 Å². The first-order chi connectivity index (χ1) is 14.0. The van der Waals surface area contributed by atoms with Crippen LogP contribution in [-0.4, -0.2) is 38.7 Å². The van der Waals surface area contributed by atoms with Crippen LogP contribution >= 0.6 is 11.3 Å². The fourth-order valence-electron chi connectivity index (χ4n) is 3.08. The lowest BCUT2D eigenvalue weighted by Crippen LogP contribution is -2.24. The highest BCUT2D eigenvalue weighted by molar-refractivity contribution is 7.14. The third-order valence-electron chi connectivity index (χ3n) is 4.63. The van der Waals surface area contributed by atoms with Gasteiger partial charge in [-0.05, 0) is 39.7 Å². The lowest BCUT2D eigenvalue weighted by atomic mass is 10.0. The zero-order valence-corrected chi connectivity index (χ0v) is 19.2. The average molecular weight is 430 g/mol. The first-order valence-electron chi connectivity index (χ1n) is 9.74. The number of nitrogens with one attached hydrogen (secondary N) is 1. The van der Waals surface area contributed by atoms with Gasteiger partial charge in [-0.3, -0.25) is 14.9 Å². The van der Waals surface area contributed by atoms with Gasteiger partial charge in [0.1, 0.15) is 0 Å². The number of hydrogen-bond donors (Lipinski definition) is 1. The molecular weight excluding hydrogens is 402 g/mol. The Morgan fingerprint density at radius 2 is 1.97 bits per heavy atom. The molecule has 8 nitrogen and oxygen atoms in total. The molecule has 0 bridgehead atoms. The van der Waals surface area contributed by atoms with Crippen molar-refractivity contribution in [1.29, 1.82) is 0 Å². The molecule has 3 heterocycles. The zero-order chi connectivity index (χ0) is 22.2. The number of methoxy groups -OCH3 is 1. The van der Waals surface area contributed by atoms with Crippen LogP contribution in [0.2, 0.25) is 0 Å². The van der Waals surface area contributed by atoms with Gasteiger partial charge in [-0.15, -0.1) is 11.3 Å². The molecule has 0 atom stereocenters. The van der Waals surface area contributed by atoms with E-state index in [2.05, 4.69) is 40.9 Å². The summed E-state index contributed by atoms with van der Waals surface area (Å²) in [7, 11) is 1.33. The Morgan fingerprint density at radius 1 is 1.27 bits per heavy atom. The van der Waals surface area contributed by atoms with Crippen molar-refractivity contribution >= 4 is 39.4 Å². The van der Waals surface area contributed by atoms with Crippen LogP contribution in [0.4, 0.5) is 5.13 Å². The molecule has 9 heteroatoms. The summed E-state index contributed by atoms with van der Waals surface area (Å²) in [5.74, 6) is -0.503. The van der Waals surface area contributed by atoms with Crippen LogP contribution in [0, 0.1) is 6.92 Å². The van der Waals surface area contributed by atoms with E-state index in [1.54, 1.807) is 5.38 Å². The summed E-state index contributed by atoms with van der Waals surface area (Å²) in [4.78, 5) is 33.8. The number of esters is 1. The summed E-state index contributed by atoms with van der Waals surface area (Å²) in [6.07, 6.45) is 0.0668. The van der Waals surface area contributed by atoms with Crippen molar-refractivity contribution in [3.8, 4) is 0 Å². The molecule has 0 aliphatic rings. The Bertz CT molecular complexity index is 1110. The predicted octanol–water partition coefficient (Wildman–Crippen LogP) is 4.04. The highest BCUT2D eigenvalue weighted by atomic mass is 32.1. The van der Waals surface area contributed by atoms with Crippen molar-refractivity contribution in [3.63, 3.8) is 0 Å². The smallest absolute Gasteiger partial charge is 0.311 e. The van der Waals surface area contributed by atoms with Crippen LogP contribution in [-0.2, 0) is 21.5 Å². The molecular formula is C21H27N5O3S. The number of aromatic nitrogens is 4. The van der Waals surface area contributed by atoms with Crippen molar-refractivity contribution in [1.82, 2.24) is 19.7 Å². The molecule has 0 aliphatic carbocycles. The number of ether oxygens (including phenoxy) is 1. The van der Waals surface area contributed by atoms with Crippen LogP contribution in [0.15, 0.2) is 11.4 Å². The molecule has 3 rings (SSSR count). The van der Waals surface area contributed by atoms with Crippen LogP contribution in [0.1, 0.15) is 68.0 Å². The topological polar surface area (TPSA) is 99.0 Å². The number of carbonyl (C=O) groups is 2. The summed E-state index contributed by atoms with van der Waals surface area (Å²) in [6.45, 7) is 12.1. The van der Waals surface area contributed by atoms with E-state index in [-0.39, 0.29) is 29.8 Å². The minimum Gasteiger partial charge on any atom is -0.469 e. The van der Waals surface area contributed by atoms with Gasteiger partial charge in [-0.2, -0.15) is 5.10 Å². The molecule has 0 spiro atoms. The number of nitrogens with zero attached hydrogens (tertiary/aromatic N) is 4. The molecule has 0 radical (unpaired) electrons. The quantitative estimate of drug-likeness (QED) is 0.615. The number of aryl methyl sites for hydroxylation is 1. The maximum atomic E-state index is 13.2. The Labute approximate surface area is 179 Å². The summed E-state index contributed by atoms with van der Waals surface area (Å²) in [5, 5.41) is 10.4. The number of hydrogen-bond acceptors (Lipinski definition) is 7. The second-order valence-corrected chi connectivity index (χ2v) is 9.33. The van der Waals surface area contributed by atoms with Gasteiger partial charge < -0.3 is 4.74 Å². The van der Waals surface area contributed by atoms with Gasteiger partial charge in [0.15, 0.2) is 10.8 Å². The van der Waals surface area contributed by atoms with Crippen LogP contribution < -0.4 is 5.32 Å². The van der Waals surface area contributed by atoms with Crippen LogP contribution in [0.25, 0.3) is 11.0 Å². The normalized spacial score (nSPS) is 11.9. The molecule has 0 saturated heterocycles. The van der Waals surface area contributed by atoms with Gasteiger partial charge in [0.05, 0.1) is 41.4 Å². The number of anilines is 1. The number of amides is 1. The largest absolute Gasteiger partial charge is 0.469 e. The SMILES string of the molecule is COC(=O)Cc1csc(NC(=O)c2cc(C(C)C)nc3c2c(C)nn3C(C)(C)C)n1. The second-order valence-electron chi connectivity index (χ2n) is 8.47. The maximum Gasteiger partial charge on any atom is 0.311 e. The highest BCUT2D eigenvalue weighted by Gasteiger charge is 2.25. The van der Waals surface area contributed by atoms with Crippen LogP contribution in [0.5, 0.6) is 0 Å². The third kappa shape index (κ3) is 4.35. The first kappa shape index (κ1) is 21.9. The number of thiazole rings is 1. The van der Waals surface area contributed by atoms with Gasteiger partial charge >= 0.3 is 5.97 Å². The van der Waals surface area contributed by atoms with Crippen molar-refractivity contribution in [3.05, 3.63) is 34.1 Å². The third-order valence-corrected chi connectivity index (χ3v) is 5.44. The molecule has 30 heavy (non-hydrogen) atoms. The molecule has 3 aromatic rings. The summed E-state index contributed by atoms with van der Waals surface area (Å²) in [6, 6.07) is 1.83. The Kier molecular flexibility index (Phi) is 5.94. The van der Waals surface area contributed by atoms with E-state index in [1.165, 1.54) is 18.4 Å². The monoisotopic (exact) mass is 429 g/mol. The minimum absolute atomic E-state index is 0.0668. The number of pyridine rings is 1. The fourth-order valence-corrected chi connectivity index (χ4v) is 3.79. The summed E-state index contributed by atoms with van der Waals surface area (Å²) in [5.41, 5.74) is 3.06. The lowest BCUT2D eigenvalue weighted by Gasteiger charge is -2.20. The Balaban J connectivity index is 2.03. The van der Waals surface area contributed by atoms with Gasteiger partial charge in [0, 0.05) is 11.1 Å². The lowest BCUT2D eigenvalue weighted by molar-refractivity contribution is -0.139. The number of carbonyl (C=O) groups excluding carboxylic acids is 2. The number of fused-ring (bicyclic) bond motifs is 1. The zero-order valence-electron chi connectivity index (χ0n) is 18.4. The molecule has 0 aromatic carbocycles. The second kappa shape index (κ2) is 8.14. The first-order valence-corrected chi connectivity index (χ1v) is 10.6. The van der Waals surface area contributed by atoms with E-state index in [9.17, 15) is 9.59 Å². The van der Waals surface area contributed by atoms with Gasteiger partial charge in [-0.1, -0.05) is 13.8 Å². The molecule has 160 valence electrons. The van der Waals surface area contributed by atoms with Crippen molar-refractivity contribution in [2.24, 2.45) is 0 Å². The van der Waals surface area contributed by atoms with Gasteiger partial charge in [0.25, 0.3) is 5.91 Å². The number of rotatable bonds is 5. The minimum atomic E-state index is -0.374. The Hall–Kier alpha value is -2.81. The molecule has 0 fully saturated rings. The van der Waals surface area contributed by atoms with E-state index in [0.717, 1.165) is 16.8 Å².